The van der Waals surface area contributed by atoms with Gasteiger partial charge in [-0.25, -0.2) is 15.0 Å². The normalized spacial score (nSPS) is 15.4. The minimum Gasteiger partial charge on any atom is -0.473 e. The first-order valence-electron chi connectivity index (χ1n) is 8.50. The number of nitrogens with zero attached hydrogens (tertiary/aromatic N) is 3. The number of nitrogens with one attached hydrogen (secondary N) is 1. The van der Waals surface area contributed by atoms with Crippen molar-refractivity contribution in [3.63, 3.8) is 0 Å². The SMILES string of the molecule is Cc1c(Cl)sc2ncnc(Nc3cccnc3OC3CCCCC3)c12. The van der Waals surface area contributed by atoms with Crippen LogP contribution in [0.4, 0.5) is 11.5 Å². The van der Waals surface area contributed by atoms with Gasteiger partial charge in [0.05, 0.1) is 9.72 Å². The Bertz CT molecular complexity index is 892. The first kappa shape index (κ1) is 16.5. The lowest BCUT2D eigenvalue weighted by Crippen LogP contribution is -2.20. The molecule has 0 radical (unpaired) electrons. The van der Waals surface area contributed by atoms with Gasteiger partial charge in [0.2, 0.25) is 5.88 Å². The van der Waals surface area contributed by atoms with E-state index in [1.807, 2.05) is 19.1 Å². The Morgan fingerprint density at radius 1 is 1.20 bits per heavy atom. The van der Waals surface area contributed by atoms with Crippen LogP contribution in [0.3, 0.4) is 0 Å². The van der Waals surface area contributed by atoms with Crippen LogP contribution in [0.1, 0.15) is 37.7 Å². The number of halogens is 1. The average molecular weight is 375 g/mol. The number of hydrogen-bond acceptors (Lipinski definition) is 6. The standard InChI is InChI=1S/C18H19ClN4OS/c1-11-14-16(21-10-22-18(14)25-15(11)19)23-13-8-5-9-20-17(13)24-12-6-3-2-4-7-12/h5,8-10,12H,2-4,6-7H2,1H3,(H,21,22,23). The zero-order chi connectivity index (χ0) is 17.2. The molecule has 25 heavy (non-hydrogen) atoms. The summed E-state index contributed by atoms with van der Waals surface area (Å²) in [5.74, 6) is 1.35. The van der Waals surface area contributed by atoms with E-state index in [2.05, 4.69) is 20.3 Å². The van der Waals surface area contributed by atoms with Crippen molar-refractivity contribution in [1.82, 2.24) is 15.0 Å². The number of anilines is 2. The van der Waals surface area contributed by atoms with Gasteiger partial charge in [0.15, 0.2) is 0 Å². The number of ether oxygens (including phenoxy) is 1. The van der Waals surface area contributed by atoms with Gasteiger partial charge in [-0.1, -0.05) is 18.0 Å². The van der Waals surface area contributed by atoms with E-state index >= 15 is 0 Å². The molecule has 3 aromatic rings. The summed E-state index contributed by atoms with van der Waals surface area (Å²) in [6.45, 7) is 1.98. The maximum absolute atomic E-state index is 6.27. The number of pyridine rings is 1. The van der Waals surface area contributed by atoms with E-state index in [1.54, 1.807) is 12.5 Å². The van der Waals surface area contributed by atoms with E-state index in [9.17, 15) is 0 Å². The van der Waals surface area contributed by atoms with E-state index in [1.165, 1.54) is 30.6 Å². The third kappa shape index (κ3) is 3.41. The van der Waals surface area contributed by atoms with Gasteiger partial charge >= 0.3 is 0 Å². The maximum Gasteiger partial charge on any atom is 0.238 e. The molecule has 130 valence electrons. The van der Waals surface area contributed by atoms with Crippen molar-refractivity contribution < 1.29 is 4.74 Å². The monoisotopic (exact) mass is 374 g/mol. The summed E-state index contributed by atoms with van der Waals surface area (Å²) in [6.07, 6.45) is 9.47. The lowest BCUT2D eigenvalue weighted by atomic mass is 9.98. The molecule has 0 atom stereocenters. The zero-order valence-electron chi connectivity index (χ0n) is 14.0. The summed E-state index contributed by atoms with van der Waals surface area (Å²) < 4.78 is 6.90. The summed E-state index contributed by atoms with van der Waals surface area (Å²) in [5.41, 5.74) is 1.80. The van der Waals surface area contributed by atoms with E-state index in [-0.39, 0.29) is 6.10 Å². The Balaban J connectivity index is 1.65. The largest absolute Gasteiger partial charge is 0.473 e. The molecule has 1 saturated carbocycles. The molecule has 0 bridgehead atoms. The molecular weight excluding hydrogens is 356 g/mol. The first-order chi connectivity index (χ1) is 12.2. The van der Waals surface area contributed by atoms with Crippen molar-refractivity contribution in [2.45, 2.75) is 45.1 Å². The van der Waals surface area contributed by atoms with Gasteiger partial charge in [-0.2, -0.15) is 0 Å². The Morgan fingerprint density at radius 2 is 2.04 bits per heavy atom. The van der Waals surface area contributed by atoms with Gasteiger partial charge in [-0.3, -0.25) is 0 Å². The fourth-order valence-electron chi connectivity index (χ4n) is 3.19. The fraction of sp³-hybridized carbons (Fsp3) is 0.389. The molecule has 0 saturated heterocycles. The summed E-state index contributed by atoms with van der Waals surface area (Å²) in [7, 11) is 0. The number of hydrogen-bond donors (Lipinski definition) is 1. The summed E-state index contributed by atoms with van der Waals surface area (Å²) in [4.78, 5) is 14.0. The summed E-state index contributed by atoms with van der Waals surface area (Å²) in [5, 5.41) is 4.32. The zero-order valence-corrected chi connectivity index (χ0v) is 15.5. The maximum atomic E-state index is 6.27. The Kier molecular flexibility index (Phi) is 4.72. The topological polar surface area (TPSA) is 59.9 Å². The molecule has 3 aromatic heterocycles. The minimum absolute atomic E-state index is 0.243. The van der Waals surface area contributed by atoms with Crippen LogP contribution in [-0.2, 0) is 0 Å². The van der Waals surface area contributed by atoms with Gasteiger partial charge in [0.25, 0.3) is 0 Å². The van der Waals surface area contributed by atoms with E-state index in [0.29, 0.717) is 5.88 Å². The molecule has 1 fully saturated rings. The smallest absolute Gasteiger partial charge is 0.238 e. The number of aromatic nitrogens is 3. The molecule has 1 aliphatic rings. The Hall–Kier alpha value is -1.92. The van der Waals surface area contributed by atoms with Crippen molar-refractivity contribution in [3.05, 3.63) is 34.6 Å². The molecule has 1 aliphatic carbocycles. The van der Waals surface area contributed by atoms with E-state index in [0.717, 1.165) is 44.5 Å². The molecular formula is C18H19ClN4OS. The van der Waals surface area contributed by atoms with Crippen molar-refractivity contribution in [1.29, 1.82) is 0 Å². The highest BCUT2D eigenvalue weighted by Crippen LogP contribution is 2.38. The van der Waals surface area contributed by atoms with Crippen LogP contribution < -0.4 is 10.1 Å². The number of rotatable bonds is 4. The van der Waals surface area contributed by atoms with Gasteiger partial charge < -0.3 is 10.1 Å². The minimum atomic E-state index is 0.243. The average Bonchev–Trinajstić information content (AvgIpc) is 2.93. The van der Waals surface area contributed by atoms with Gasteiger partial charge in [0, 0.05) is 6.20 Å². The molecule has 0 amide bonds. The first-order valence-corrected chi connectivity index (χ1v) is 9.70. The number of thiophene rings is 1. The van der Waals surface area contributed by atoms with Crippen molar-refractivity contribution in [2.75, 3.05) is 5.32 Å². The van der Waals surface area contributed by atoms with E-state index in [4.69, 9.17) is 16.3 Å². The van der Waals surface area contributed by atoms with Crippen LogP contribution in [0.25, 0.3) is 10.2 Å². The molecule has 0 aliphatic heterocycles. The quantitative estimate of drug-likeness (QED) is 0.653. The van der Waals surface area contributed by atoms with Crippen LogP contribution in [0.15, 0.2) is 24.7 Å². The number of aryl methyl sites for hydroxylation is 1. The molecule has 5 nitrogen and oxygen atoms in total. The molecule has 0 spiro atoms. The molecule has 4 rings (SSSR count). The molecule has 0 aromatic carbocycles. The Morgan fingerprint density at radius 3 is 2.88 bits per heavy atom. The molecule has 3 heterocycles. The molecule has 1 N–H and O–H groups in total. The van der Waals surface area contributed by atoms with Gasteiger partial charge in [-0.15, -0.1) is 11.3 Å². The summed E-state index contributed by atoms with van der Waals surface area (Å²) in [6, 6.07) is 3.85. The van der Waals surface area contributed by atoms with Crippen LogP contribution in [0.5, 0.6) is 5.88 Å². The third-order valence-corrected chi connectivity index (χ3v) is 6.03. The second-order valence-corrected chi connectivity index (χ2v) is 7.86. The predicted molar refractivity (Wildman–Crippen MR) is 102 cm³/mol. The van der Waals surface area contributed by atoms with Crippen molar-refractivity contribution in [3.8, 4) is 5.88 Å². The highest BCUT2D eigenvalue weighted by molar-refractivity contribution is 7.22. The van der Waals surface area contributed by atoms with Crippen molar-refractivity contribution in [2.24, 2.45) is 0 Å². The predicted octanol–water partition coefficient (Wildman–Crippen LogP) is 5.50. The highest BCUT2D eigenvalue weighted by Gasteiger charge is 2.19. The molecule has 0 unspecified atom stereocenters. The second kappa shape index (κ2) is 7.14. The Labute approximate surface area is 155 Å². The van der Waals surface area contributed by atoms with Crippen LogP contribution >= 0.6 is 22.9 Å². The summed E-state index contributed by atoms with van der Waals surface area (Å²) >= 11 is 7.74. The second-order valence-electron chi connectivity index (χ2n) is 6.26. The third-order valence-electron chi connectivity index (χ3n) is 4.52. The van der Waals surface area contributed by atoms with Gasteiger partial charge in [-0.05, 0) is 50.3 Å². The van der Waals surface area contributed by atoms with Crippen LogP contribution in [0.2, 0.25) is 4.34 Å². The van der Waals surface area contributed by atoms with Crippen LogP contribution in [-0.4, -0.2) is 21.1 Å². The highest BCUT2D eigenvalue weighted by atomic mass is 35.5. The van der Waals surface area contributed by atoms with E-state index < -0.39 is 0 Å². The van der Waals surface area contributed by atoms with Gasteiger partial charge in [0.1, 0.15) is 28.8 Å². The fourth-order valence-corrected chi connectivity index (χ4v) is 4.38. The van der Waals surface area contributed by atoms with Crippen molar-refractivity contribution >= 4 is 44.7 Å². The number of fused-ring (bicyclic) bond motifs is 1. The van der Waals surface area contributed by atoms with Crippen LogP contribution in [0, 0.1) is 6.92 Å². The molecule has 7 heteroatoms. The lowest BCUT2D eigenvalue weighted by Gasteiger charge is -2.23. The lowest BCUT2D eigenvalue weighted by molar-refractivity contribution is 0.149.